The van der Waals surface area contributed by atoms with Crippen LogP contribution in [0.25, 0.3) is 0 Å². The topological polar surface area (TPSA) is 23.8 Å². The normalized spacial score (nSPS) is 20.2. The molecule has 3 rings (SSSR count). The van der Waals surface area contributed by atoms with Crippen molar-refractivity contribution >= 4 is 0 Å². The van der Waals surface area contributed by atoms with Crippen LogP contribution >= 0.6 is 0 Å². The van der Waals surface area contributed by atoms with E-state index in [1.165, 1.54) is 68.1 Å². The third-order valence-electron chi connectivity index (χ3n) is 5.76. The van der Waals surface area contributed by atoms with E-state index in [0.29, 0.717) is 5.92 Å². The highest BCUT2D eigenvalue weighted by Crippen LogP contribution is 2.40. The van der Waals surface area contributed by atoms with E-state index in [4.69, 9.17) is 5.26 Å². The Labute approximate surface area is 152 Å². The lowest BCUT2D eigenvalue weighted by molar-refractivity contribution is 0.396. The first-order valence-corrected chi connectivity index (χ1v) is 9.89. The number of nitrogens with zero attached hydrogens (tertiary/aromatic N) is 1. The molecule has 1 heteroatoms. The molecule has 1 nitrogen and oxygen atoms in total. The highest BCUT2D eigenvalue weighted by Gasteiger charge is 2.23. The van der Waals surface area contributed by atoms with E-state index in [-0.39, 0.29) is 0 Å². The van der Waals surface area contributed by atoms with Crippen LogP contribution < -0.4 is 0 Å². The molecule has 1 aliphatic carbocycles. The zero-order valence-corrected chi connectivity index (χ0v) is 15.4. The molecule has 0 unspecified atom stereocenters. The van der Waals surface area contributed by atoms with Gasteiger partial charge < -0.3 is 0 Å². The summed E-state index contributed by atoms with van der Waals surface area (Å²) in [6.07, 6.45) is 10.2. The van der Waals surface area contributed by atoms with Crippen molar-refractivity contribution in [1.82, 2.24) is 0 Å². The highest BCUT2D eigenvalue weighted by molar-refractivity contribution is 5.33. The first-order valence-electron chi connectivity index (χ1n) is 9.89. The van der Waals surface area contributed by atoms with Crippen LogP contribution in [0.3, 0.4) is 0 Å². The van der Waals surface area contributed by atoms with Crippen LogP contribution in [0, 0.1) is 11.3 Å². The summed E-state index contributed by atoms with van der Waals surface area (Å²) in [6, 6.07) is 19.8. The van der Waals surface area contributed by atoms with Crippen LogP contribution in [0.2, 0.25) is 0 Å². The third-order valence-corrected chi connectivity index (χ3v) is 5.76. The molecule has 0 aliphatic heterocycles. The van der Waals surface area contributed by atoms with Gasteiger partial charge in [0.15, 0.2) is 0 Å². The van der Waals surface area contributed by atoms with Crippen molar-refractivity contribution < 1.29 is 0 Å². The molecule has 0 radical (unpaired) electrons. The maximum Gasteiger partial charge on any atom is 0.0991 e. The van der Waals surface area contributed by atoms with Gasteiger partial charge in [-0.25, -0.2) is 0 Å². The van der Waals surface area contributed by atoms with Gasteiger partial charge in [-0.05, 0) is 79.2 Å². The Morgan fingerprint density at radius 1 is 0.800 bits per heavy atom. The molecular weight excluding hydrogens is 302 g/mol. The molecule has 0 aromatic heterocycles. The van der Waals surface area contributed by atoms with Gasteiger partial charge in [0, 0.05) is 0 Å². The van der Waals surface area contributed by atoms with E-state index in [0.717, 1.165) is 11.5 Å². The first kappa shape index (κ1) is 17.7. The van der Waals surface area contributed by atoms with Gasteiger partial charge in [-0.1, -0.05) is 56.2 Å². The Morgan fingerprint density at radius 2 is 1.32 bits per heavy atom. The maximum atomic E-state index is 8.93. The van der Waals surface area contributed by atoms with Crippen molar-refractivity contribution in [2.24, 2.45) is 0 Å². The van der Waals surface area contributed by atoms with Crippen LogP contribution in [0.1, 0.15) is 86.0 Å². The summed E-state index contributed by atoms with van der Waals surface area (Å²) in [4.78, 5) is 0. The quantitative estimate of drug-likeness (QED) is 0.538. The van der Waals surface area contributed by atoms with Crippen molar-refractivity contribution in [2.75, 3.05) is 0 Å². The average Bonchev–Trinajstić information content (AvgIpc) is 2.69. The molecule has 130 valence electrons. The summed E-state index contributed by atoms with van der Waals surface area (Å²) < 4.78 is 0. The molecule has 0 amide bonds. The van der Waals surface area contributed by atoms with Crippen LogP contribution in [-0.4, -0.2) is 0 Å². The number of unbranched alkanes of at least 4 members (excludes halogenated alkanes) is 2. The van der Waals surface area contributed by atoms with Crippen LogP contribution in [0.15, 0.2) is 48.5 Å². The van der Waals surface area contributed by atoms with Crippen LogP contribution in [0.5, 0.6) is 0 Å². The maximum absolute atomic E-state index is 8.93. The second-order valence-electron chi connectivity index (χ2n) is 7.48. The van der Waals surface area contributed by atoms with Crippen molar-refractivity contribution in [3.8, 4) is 6.07 Å². The van der Waals surface area contributed by atoms with Gasteiger partial charge >= 0.3 is 0 Å². The molecule has 1 saturated carbocycles. The molecule has 0 spiro atoms. The lowest BCUT2D eigenvalue weighted by atomic mass is 9.76. The molecule has 0 N–H and O–H groups in total. The van der Waals surface area contributed by atoms with E-state index in [1.807, 2.05) is 12.1 Å². The number of aryl methyl sites for hydroxylation is 1. The standard InChI is InChI=1S/C24H29N/c1-2-3-4-5-19-6-10-21(11-7-19)23-14-16-24(17-15-23)22-12-8-20(18-25)9-13-22/h6-13,23-24H,2-5,14-17H2,1H3/t23-,24-. The number of hydrogen-bond donors (Lipinski definition) is 0. The molecular formula is C24H29N. The molecule has 25 heavy (non-hydrogen) atoms. The fourth-order valence-corrected chi connectivity index (χ4v) is 4.13. The minimum atomic E-state index is 0.664. The van der Waals surface area contributed by atoms with Gasteiger partial charge in [-0.15, -0.1) is 0 Å². The third kappa shape index (κ3) is 4.73. The Kier molecular flexibility index (Phi) is 6.29. The number of hydrogen-bond acceptors (Lipinski definition) is 1. The summed E-state index contributed by atoms with van der Waals surface area (Å²) in [6.45, 7) is 2.26. The Balaban J connectivity index is 1.53. The lowest BCUT2D eigenvalue weighted by Crippen LogP contribution is -2.12. The Hall–Kier alpha value is -2.07. The molecule has 2 aromatic rings. The molecule has 0 saturated heterocycles. The molecule has 0 heterocycles. The van der Waals surface area contributed by atoms with Crippen molar-refractivity contribution in [1.29, 1.82) is 5.26 Å². The highest BCUT2D eigenvalue weighted by atomic mass is 14.3. The summed E-state index contributed by atoms with van der Waals surface area (Å²) in [5.41, 5.74) is 5.18. The number of rotatable bonds is 6. The molecule has 1 aliphatic rings. The SMILES string of the molecule is CCCCCc1ccc([C@H]2CC[C@H](c3ccc(C#N)cc3)CC2)cc1. The second-order valence-corrected chi connectivity index (χ2v) is 7.48. The number of nitriles is 1. The molecule has 0 atom stereocenters. The van der Waals surface area contributed by atoms with Gasteiger partial charge in [0.1, 0.15) is 0 Å². The van der Waals surface area contributed by atoms with Crippen LogP contribution in [-0.2, 0) is 6.42 Å². The van der Waals surface area contributed by atoms with Crippen molar-refractivity contribution in [3.05, 3.63) is 70.8 Å². The molecule has 0 bridgehead atoms. The van der Waals surface area contributed by atoms with Gasteiger partial charge in [0.25, 0.3) is 0 Å². The molecule has 1 fully saturated rings. The average molecular weight is 332 g/mol. The second kappa shape index (κ2) is 8.86. The smallest absolute Gasteiger partial charge is 0.0991 e. The Morgan fingerprint density at radius 3 is 1.80 bits per heavy atom. The number of benzene rings is 2. The van der Waals surface area contributed by atoms with Crippen LogP contribution in [0.4, 0.5) is 0 Å². The predicted molar refractivity (Wildman–Crippen MR) is 105 cm³/mol. The zero-order valence-electron chi connectivity index (χ0n) is 15.4. The first-order chi connectivity index (χ1) is 12.3. The summed E-state index contributed by atoms with van der Waals surface area (Å²) in [7, 11) is 0. The predicted octanol–water partition coefficient (Wildman–Crippen LogP) is 6.73. The Bertz CT molecular complexity index is 682. The summed E-state index contributed by atoms with van der Waals surface area (Å²) in [5.74, 6) is 1.39. The zero-order chi connectivity index (χ0) is 17.5. The monoisotopic (exact) mass is 331 g/mol. The van der Waals surface area contributed by atoms with Crippen molar-refractivity contribution in [3.63, 3.8) is 0 Å². The van der Waals surface area contributed by atoms with Gasteiger partial charge in [-0.3, -0.25) is 0 Å². The summed E-state index contributed by atoms with van der Waals surface area (Å²) in [5, 5.41) is 8.93. The lowest BCUT2D eigenvalue weighted by Gasteiger charge is -2.29. The van der Waals surface area contributed by atoms with E-state index in [2.05, 4.69) is 49.4 Å². The van der Waals surface area contributed by atoms with E-state index in [1.54, 1.807) is 0 Å². The fraction of sp³-hybridized carbons (Fsp3) is 0.458. The summed E-state index contributed by atoms with van der Waals surface area (Å²) >= 11 is 0. The van der Waals surface area contributed by atoms with Crippen molar-refractivity contribution in [2.45, 2.75) is 70.1 Å². The van der Waals surface area contributed by atoms with Gasteiger partial charge in [0.05, 0.1) is 11.6 Å². The van der Waals surface area contributed by atoms with E-state index in [9.17, 15) is 0 Å². The minimum absolute atomic E-state index is 0.664. The fourth-order valence-electron chi connectivity index (χ4n) is 4.13. The largest absolute Gasteiger partial charge is 0.192 e. The van der Waals surface area contributed by atoms with E-state index >= 15 is 0 Å². The van der Waals surface area contributed by atoms with E-state index < -0.39 is 0 Å². The minimum Gasteiger partial charge on any atom is -0.192 e. The van der Waals surface area contributed by atoms with Gasteiger partial charge in [0.2, 0.25) is 0 Å². The molecule has 2 aromatic carbocycles. The van der Waals surface area contributed by atoms with Gasteiger partial charge in [-0.2, -0.15) is 5.26 Å².